The summed E-state index contributed by atoms with van der Waals surface area (Å²) in [5.41, 5.74) is 3.92. The Morgan fingerprint density at radius 2 is 2.04 bits per heavy atom. The van der Waals surface area contributed by atoms with E-state index >= 15 is 0 Å². The van der Waals surface area contributed by atoms with Gasteiger partial charge in [0.05, 0.1) is 24.7 Å². The lowest BCUT2D eigenvalue weighted by Gasteiger charge is -2.50. The number of primary amides is 1. The molecule has 0 spiro atoms. The fourth-order valence-electron chi connectivity index (χ4n) is 3.94. The lowest BCUT2D eigenvalue weighted by molar-refractivity contribution is -0.167. The molecule has 0 aromatic rings. The van der Waals surface area contributed by atoms with E-state index in [-0.39, 0.29) is 30.9 Å². The highest BCUT2D eigenvalue weighted by atomic mass is 16.5. The molecule has 0 bridgehead atoms. The summed E-state index contributed by atoms with van der Waals surface area (Å²) >= 11 is 0. The quantitative estimate of drug-likeness (QED) is 0.723. The van der Waals surface area contributed by atoms with Crippen LogP contribution in [0.1, 0.15) is 33.1 Å². The monoisotopic (exact) mass is 341 g/mol. The average molecular weight is 341 g/mol. The number of hydrogen-bond acceptors (Lipinski definition) is 5. The number of piperidine rings is 2. The number of rotatable bonds is 5. The molecule has 2 saturated heterocycles. The van der Waals surface area contributed by atoms with E-state index in [1.54, 1.807) is 7.11 Å². The Morgan fingerprint density at radius 1 is 1.33 bits per heavy atom. The third kappa shape index (κ3) is 4.07. The van der Waals surface area contributed by atoms with E-state index in [2.05, 4.69) is 0 Å². The van der Waals surface area contributed by atoms with E-state index in [0.717, 1.165) is 19.4 Å². The van der Waals surface area contributed by atoms with E-state index in [9.17, 15) is 14.7 Å². The minimum Gasteiger partial charge on any atom is -0.387 e. The van der Waals surface area contributed by atoms with Crippen LogP contribution in [-0.4, -0.2) is 78.8 Å². The van der Waals surface area contributed by atoms with E-state index in [1.807, 2.05) is 23.6 Å². The van der Waals surface area contributed by atoms with Crippen molar-refractivity contribution in [2.75, 3.05) is 46.4 Å². The van der Waals surface area contributed by atoms with Crippen molar-refractivity contribution in [3.05, 3.63) is 0 Å². The van der Waals surface area contributed by atoms with Crippen LogP contribution in [0.5, 0.6) is 0 Å². The number of amides is 2. The molecule has 0 radical (unpaired) electrons. The molecular formula is C17H31N3O4. The smallest absolute Gasteiger partial charge is 0.231 e. The first-order valence-electron chi connectivity index (χ1n) is 8.69. The van der Waals surface area contributed by atoms with Crippen molar-refractivity contribution in [2.45, 2.75) is 38.7 Å². The van der Waals surface area contributed by atoms with Gasteiger partial charge in [0, 0.05) is 32.2 Å². The molecule has 2 atom stereocenters. The average Bonchev–Trinajstić information content (AvgIpc) is 2.49. The van der Waals surface area contributed by atoms with Gasteiger partial charge in [-0.05, 0) is 25.8 Å². The van der Waals surface area contributed by atoms with Crippen molar-refractivity contribution in [1.82, 2.24) is 9.80 Å². The fraction of sp³-hybridized carbons (Fsp3) is 0.882. The van der Waals surface area contributed by atoms with Crippen molar-refractivity contribution in [3.8, 4) is 0 Å². The van der Waals surface area contributed by atoms with Crippen LogP contribution in [0, 0.1) is 11.3 Å². The van der Waals surface area contributed by atoms with Crippen LogP contribution in [0.2, 0.25) is 0 Å². The first-order chi connectivity index (χ1) is 11.2. The number of aliphatic hydroxyl groups is 1. The van der Waals surface area contributed by atoms with Gasteiger partial charge in [-0.1, -0.05) is 13.8 Å². The van der Waals surface area contributed by atoms with Crippen LogP contribution in [0.15, 0.2) is 0 Å². The van der Waals surface area contributed by atoms with Gasteiger partial charge in [0.25, 0.3) is 0 Å². The molecule has 0 saturated carbocycles. The van der Waals surface area contributed by atoms with Gasteiger partial charge < -0.3 is 20.5 Å². The van der Waals surface area contributed by atoms with Crippen molar-refractivity contribution in [2.24, 2.45) is 17.1 Å². The lowest BCUT2D eigenvalue weighted by atomic mass is 9.70. The number of nitrogens with zero attached hydrogens (tertiary/aromatic N) is 2. The van der Waals surface area contributed by atoms with Gasteiger partial charge in [-0.3, -0.25) is 14.5 Å². The molecule has 2 aliphatic rings. The highest BCUT2D eigenvalue weighted by Gasteiger charge is 2.49. The Labute approximate surface area is 144 Å². The second-order valence-corrected chi connectivity index (χ2v) is 7.90. The predicted octanol–water partition coefficient (Wildman–Crippen LogP) is -0.180. The van der Waals surface area contributed by atoms with Gasteiger partial charge in [0.1, 0.15) is 0 Å². The van der Waals surface area contributed by atoms with Crippen LogP contribution in [0.25, 0.3) is 0 Å². The number of hydrogen-bond donors (Lipinski definition) is 2. The summed E-state index contributed by atoms with van der Waals surface area (Å²) in [6, 6.07) is 0. The molecular weight excluding hydrogens is 310 g/mol. The topological polar surface area (TPSA) is 96.1 Å². The maximum Gasteiger partial charge on any atom is 0.231 e. The zero-order chi connectivity index (χ0) is 18.0. The first-order valence-corrected chi connectivity index (χ1v) is 8.69. The Bertz CT molecular complexity index is 482. The second-order valence-electron chi connectivity index (χ2n) is 7.90. The van der Waals surface area contributed by atoms with Gasteiger partial charge in [-0.2, -0.15) is 0 Å². The summed E-state index contributed by atoms with van der Waals surface area (Å²) in [5, 5.41) is 10.8. The summed E-state index contributed by atoms with van der Waals surface area (Å²) in [5.74, 6) is -0.328. The standard InChI is InChI=1S/C17H31N3O4/c1-16(2)11-20(8-6-17(16,23)12-24-3)15(22)13-5-4-7-19(9-13)10-14(18)21/h13,23H,4-12H2,1-3H3,(H2,18,21)/t13?,17-/m1/s1. The summed E-state index contributed by atoms with van der Waals surface area (Å²) in [6.45, 7) is 6.89. The predicted molar refractivity (Wildman–Crippen MR) is 90.2 cm³/mol. The third-order valence-electron chi connectivity index (χ3n) is 5.57. The molecule has 2 heterocycles. The molecule has 2 rings (SSSR count). The summed E-state index contributed by atoms with van der Waals surface area (Å²) in [4.78, 5) is 27.8. The second kappa shape index (κ2) is 7.37. The molecule has 2 fully saturated rings. The molecule has 0 aromatic carbocycles. The molecule has 2 amide bonds. The van der Waals surface area contributed by atoms with Crippen molar-refractivity contribution >= 4 is 11.8 Å². The normalized spacial score (nSPS) is 31.0. The Hall–Kier alpha value is -1.18. The zero-order valence-electron chi connectivity index (χ0n) is 15.1. The van der Waals surface area contributed by atoms with E-state index in [1.165, 1.54) is 0 Å². The maximum absolute atomic E-state index is 12.9. The molecule has 2 aliphatic heterocycles. The number of ether oxygens (including phenoxy) is 1. The molecule has 1 unspecified atom stereocenters. The molecule has 7 nitrogen and oxygen atoms in total. The highest BCUT2D eigenvalue weighted by molar-refractivity contribution is 5.80. The van der Waals surface area contributed by atoms with Gasteiger partial charge >= 0.3 is 0 Å². The molecule has 7 heteroatoms. The summed E-state index contributed by atoms with van der Waals surface area (Å²) < 4.78 is 5.18. The first kappa shape index (κ1) is 19.1. The lowest BCUT2D eigenvalue weighted by Crippen LogP contribution is -2.61. The number of methoxy groups -OCH3 is 1. The Kier molecular flexibility index (Phi) is 5.88. The molecule has 0 aliphatic carbocycles. The van der Waals surface area contributed by atoms with Gasteiger partial charge in [0.15, 0.2) is 0 Å². The van der Waals surface area contributed by atoms with Crippen LogP contribution in [-0.2, 0) is 14.3 Å². The third-order valence-corrected chi connectivity index (χ3v) is 5.57. The van der Waals surface area contributed by atoms with E-state index in [0.29, 0.717) is 26.1 Å². The summed E-state index contributed by atoms with van der Waals surface area (Å²) in [7, 11) is 1.58. The van der Waals surface area contributed by atoms with Crippen LogP contribution in [0.4, 0.5) is 0 Å². The Morgan fingerprint density at radius 3 is 2.62 bits per heavy atom. The molecule has 138 valence electrons. The molecule has 24 heavy (non-hydrogen) atoms. The summed E-state index contributed by atoms with van der Waals surface area (Å²) in [6.07, 6.45) is 2.25. The molecule has 3 N–H and O–H groups in total. The molecule has 0 aromatic heterocycles. The van der Waals surface area contributed by atoms with Crippen molar-refractivity contribution in [3.63, 3.8) is 0 Å². The maximum atomic E-state index is 12.9. The minimum atomic E-state index is -0.914. The largest absolute Gasteiger partial charge is 0.387 e. The number of likely N-dealkylation sites (tertiary alicyclic amines) is 2. The van der Waals surface area contributed by atoms with Crippen molar-refractivity contribution < 1.29 is 19.4 Å². The number of nitrogens with two attached hydrogens (primary N) is 1. The van der Waals surface area contributed by atoms with Gasteiger partial charge in [-0.15, -0.1) is 0 Å². The van der Waals surface area contributed by atoms with Crippen LogP contribution < -0.4 is 5.73 Å². The van der Waals surface area contributed by atoms with E-state index < -0.39 is 11.0 Å². The van der Waals surface area contributed by atoms with Crippen LogP contribution in [0.3, 0.4) is 0 Å². The van der Waals surface area contributed by atoms with Crippen molar-refractivity contribution in [1.29, 1.82) is 0 Å². The van der Waals surface area contributed by atoms with E-state index in [4.69, 9.17) is 10.5 Å². The van der Waals surface area contributed by atoms with Gasteiger partial charge in [-0.25, -0.2) is 0 Å². The van der Waals surface area contributed by atoms with Gasteiger partial charge in [0.2, 0.25) is 11.8 Å². The zero-order valence-corrected chi connectivity index (χ0v) is 15.1. The fourth-order valence-corrected chi connectivity index (χ4v) is 3.94. The Balaban J connectivity index is 1.99. The number of carbonyl (C=O) groups excluding carboxylic acids is 2. The highest BCUT2D eigenvalue weighted by Crippen LogP contribution is 2.39. The minimum absolute atomic E-state index is 0.0949. The SMILES string of the molecule is COC[C@]1(O)CCN(C(=O)C2CCCN(CC(N)=O)C2)CC1(C)C. The van der Waals surface area contributed by atoms with Crippen LogP contribution >= 0.6 is 0 Å². The number of carbonyl (C=O) groups is 2.